The van der Waals surface area contributed by atoms with Crippen LogP contribution in [0, 0.1) is 6.92 Å². The smallest absolute Gasteiger partial charge is 0.277 e. The van der Waals surface area contributed by atoms with Crippen molar-refractivity contribution < 1.29 is 9.21 Å². The minimum Gasteiger partial charge on any atom is -0.411 e. The quantitative estimate of drug-likeness (QED) is 0.549. The van der Waals surface area contributed by atoms with Gasteiger partial charge in [-0.2, -0.15) is 0 Å². The van der Waals surface area contributed by atoms with Crippen molar-refractivity contribution in [3.63, 3.8) is 0 Å². The van der Waals surface area contributed by atoms with Crippen molar-refractivity contribution in [1.82, 2.24) is 10.2 Å². The lowest BCUT2D eigenvalue weighted by molar-refractivity contribution is -0.113. The van der Waals surface area contributed by atoms with Crippen LogP contribution in [0.5, 0.6) is 0 Å². The van der Waals surface area contributed by atoms with Gasteiger partial charge in [-0.05, 0) is 49.6 Å². The highest BCUT2D eigenvalue weighted by Crippen LogP contribution is 2.23. The van der Waals surface area contributed by atoms with E-state index in [0.717, 1.165) is 17.7 Å². The molecule has 6 heteroatoms. The van der Waals surface area contributed by atoms with E-state index < -0.39 is 0 Å². The predicted octanol–water partition coefficient (Wildman–Crippen LogP) is 5.12. The summed E-state index contributed by atoms with van der Waals surface area (Å²) >= 11 is 1.23. The number of aromatic nitrogens is 2. The van der Waals surface area contributed by atoms with Crippen LogP contribution in [-0.4, -0.2) is 21.9 Å². The zero-order valence-corrected chi connectivity index (χ0v) is 16.4. The molecule has 3 rings (SSSR count). The molecule has 0 fully saturated rings. The van der Waals surface area contributed by atoms with E-state index in [9.17, 15) is 4.79 Å². The molecule has 5 nitrogen and oxygen atoms in total. The first-order valence-electron chi connectivity index (χ1n) is 9.06. The van der Waals surface area contributed by atoms with Gasteiger partial charge in [0, 0.05) is 11.3 Å². The van der Waals surface area contributed by atoms with E-state index >= 15 is 0 Å². The predicted molar refractivity (Wildman–Crippen MR) is 109 cm³/mol. The van der Waals surface area contributed by atoms with E-state index in [2.05, 4.69) is 34.6 Å². The average Bonchev–Trinajstić information content (AvgIpc) is 3.15. The second kappa shape index (κ2) is 9.37. The van der Waals surface area contributed by atoms with Gasteiger partial charge in [0.1, 0.15) is 0 Å². The van der Waals surface area contributed by atoms with Gasteiger partial charge in [0.15, 0.2) is 0 Å². The molecule has 0 saturated heterocycles. The molecule has 0 aliphatic carbocycles. The van der Waals surface area contributed by atoms with Gasteiger partial charge >= 0.3 is 0 Å². The molecular formula is C21H23N3O2S. The van der Waals surface area contributed by atoms with Gasteiger partial charge in [-0.15, -0.1) is 10.2 Å². The molecule has 0 unspecified atom stereocenters. The number of rotatable bonds is 8. The molecule has 1 aromatic heterocycles. The lowest BCUT2D eigenvalue weighted by Crippen LogP contribution is -2.13. The summed E-state index contributed by atoms with van der Waals surface area (Å²) < 4.78 is 5.62. The van der Waals surface area contributed by atoms with Crippen molar-refractivity contribution in [3.05, 3.63) is 59.7 Å². The first kappa shape index (κ1) is 19.2. The van der Waals surface area contributed by atoms with Crippen molar-refractivity contribution in [1.29, 1.82) is 0 Å². The molecule has 0 spiro atoms. The van der Waals surface area contributed by atoms with Crippen LogP contribution in [0.2, 0.25) is 0 Å². The van der Waals surface area contributed by atoms with E-state index in [4.69, 9.17) is 4.42 Å². The number of unbranched alkanes of at least 4 members (excludes halogenated alkanes) is 1. The molecule has 3 aromatic rings. The fourth-order valence-electron chi connectivity index (χ4n) is 2.54. The van der Waals surface area contributed by atoms with Gasteiger partial charge in [-0.1, -0.05) is 54.9 Å². The Labute approximate surface area is 163 Å². The summed E-state index contributed by atoms with van der Waals surface area (Å²) in [5, 5.41) is 11.3. The van der Waals surface area contributed by atoms with Gasteiger partial charge in [0.2, 0.25) is 11.8 Å². The topological polar surface area (TPSA) is 68.0 Å². The Balaban J connectivity index is 1.50. The monoisotopic (exact) mass is 381 g/mol. The summed E-state index contributed by atoms with van der Waals surface area (Å²) in [6.45, 7) is 4.20. The second-order valence-corrected chi connectivity index (χ2v) is 7.30. The minimum atomic E-state index is -0.101. The Morgan fingerprint density at radius 1 is 1.07 bits per heavy atom. The van der Waals surface area contributed by atoms with Gasteiger partial charge in [-0.25, -0.2) is 0 Å². The Hall–Kier alpha value is -2.60. The van der Waals surface area contributed by atoms with Crippen LogP contribution in [0.15, 0.2) is 58.2 Å². The first-order chi connectivity index (χ1) is 13.1. The van der Waals surface area contributed by atoms with E-state index in [1.807, 2.05) is 43.3 Å². The standard InChI is InChI=1S/C21H23N3O2S/c1-3-4-5-16-8-12-18(13-9-16)22-19(25)14-27-21-24-23-20(26-21)17-10-6-15(2)7-11-17/h6-13H,3-5,14H2,1-2H3,(H,22,25). The average molecular weight is 382 g/mol. The number of amides is 1. The lowest BCUT2D eigenvalue weighted by Gasteiger charge is -2.05. The highest BCUT2D eigenvalue weighted by atomic mass is 32.2. The van der Waals surface area contributed by atoms with Crippen LogP contribution in [0.4, 0.5) is 5.69 Å². The van der Waals surface area contributed by atoms with E-state index in [-0.39, 0.29) is 11.7 Å². The molecule has 0 aliphatic heterocycles. The van der Waals surface area contributed by atoms with Crippen molar-refractivity contribution in [2.75, 3.05) is 11.1 Å². The fourth-order valence-corrected chi connectivity index (χ4v) is 3.10. The number of carbonyl (C=O) groups excluding carboxylic acids is 1. The third kappa shape index (κ3) is 5.69. The van der Waals surface area contributed by atoms with Gasteiger partial charge < -0.3 is 9.73 Å². The minimum absolute atomic E-state index is 0.101. The van der Waals surface area contributed by atoms with Crippen molar-refractivity contribution in [2.45, 2.75) is 38.3 Å². The molecule has 27 heavy (non-hydrogen) atoms. The normalized spacial score (nSPS) is 10.7. The summed E-state index contributed by atoms with van der Waals surface area (Å²) in [5.74, 6) is 0.574. The number of anilines is 1. The number of hydrogen-bond donors (Lipinski definition) is 1. The number of carbonyl (C=O) groups is 1. The molecule has 0 radical (unpaired) electrons. The Kier molecular flexibility index (Phi) is 6.65. The van der Waals surface area contributed by atoms with Crippen LogP contribution in [-0.2, 0) is 11.2 Å². The second-order valence-electron chi connectivity index (χ2n) is 6.38. The summed E-state index contributed by atoms with van der Waals surface area (Å²) in [7, 11) is 0. The van der Waals surface area contributed by atoms with Gasteiger partial charge in [0.25, 0.3) is 5.22 Å². The van der Waals surface area contributed by atoms with Crippen molar-refractivity contribution in [3.8, 4) is 11.5 Å². The number of aryl methyl sites for hydroxylation is 2. The maximum absolute atomic E-state index is 12.1. The first-order valence-corrected chi connectivity index (χ1v) is 10.0. The molecule has 1 N–H and O–H groups in total. The van der Waals surface area contributed by atoms with Crippen LogP contribution in [0.1, 0.15) is 30.9 Å². The van der Waals surface area contributed by atoms with Crippen LogP contribution in [0.25, 0.3) is 11.5 Å². The molecule has 0 aliphatic rings. The Bertz CT molecular complexity index is 873. The largest absolute Gasteiger partial charge is 0.411 e. The zero-order chi connectivity index (χ0) is 19.1. The van der Waals surface area contributed by atoms with Gasteiger partial charge in [0.05, 0.1) is 5.75 Å². The SMILES string of the molecule is CCCCc1ccc(NC(=O)CSc2nnc(-c3ccc(C)cc3)o2)cc1. The molecule has 0 bridgehead atoms. The van der Waals surface area contributed by atoms with Crippen LogP contribution in [0.3, 0.4) is 0 Å². The van der Waals surface area contributed by atoms with Crippen LogP contribution >= 0.6 is 11.8 Å². The fraction of sp³-hybridized carbons (Fsp3) is 0.286. The molecule has 140 valence electrons. The maximum atomic E-state index is 12.1. The Morgan fingerprint density at radius 3 is 2.52 bits per heavy atom. The molecule has 0 atom stereocenters. The van der Waals surface area contributed by atoms with Crippen molar-refractivity contribution in [2.24, 2.45) is 0 Å². The lowest BCUT2D eigenvalue weighted by atomic mass is 10.1. The summed E-state index contributed by atoms with van der Waals surface area (Å²) in [6, 6.07) is 15.9. The summed E-state index contributed by atoms with van der Waals surface area (Å²) in [6.07, 6.45) is 3.43. The summed E-state index contributed by atoms with van der Waals surface area (Å²) in [5.41, 5.74) is 4.13. The van der Waals surface area contributed by atoms with Crippen LogP contribution < -0.4 is 5.32 Å². The number of nitrogens with zero attached hydrogens (tertiary/aromatic N) is 2. The number of nitrogens with one attached hydrogen (secondary N) is 1. The molecule has 2 aromatic carbocycles. The van der Waals surface area contributed by atoms with Gasteiger partial charge in [-0.3, -0.25) is 4.79 Å². The number of benzene rings is 2. The summed E-state index contributed by atoms with van der Waals surface area (Å²) in [4.78, 5) is 12.1. The van der Waals surface area contributed by atoms with E-state index in [1.54, 1.807) is 0 Å². The third-order valence-electron chi connectivity index (χ3n) is 4.09. The number of thioether (sulfide) groups is 1. The molecular weight excluding hydrogens is 358 g/mol. The molecule has 0 saturated carbocycles. The van der Waals surface area contributed by atoms with E-state index in [0.29, 0.717) is 11.1 Å². The molecule has 1 amide bonds. The number of hydrogen-bond acceptors (Lipinski definition) is 5. The molecule has 1 heterocycles. The third-order valence-corrected chi connectivity index (χ3v) is 4.91. The maximum Gasteiger partial charge on any atom is 0.277 e. The highest BCUT2D eigenvalue weighted by Gasteiger charge is 2.11. The highest BCUT2D eigenvalue weighted by molar-refractivity contribution is 7.99. The Morgan fingerprint density at radius 2 is 1.81 bits per heavy atom. The van der Waals surface area contributed by atoms with Crippen molar-refractivity contribution >= 4 is 23.4 Å². The zero-order valence-electron chi connectivity index (χ0n) is 15.6. The van der Waals surface area contributed by atoms with E-state index in [1.165, 1.54) is 35.7 Å².